The van der Waals surface area contributed by atoms with E-state index in [-0.39, 0.29) is 18.9 Å². The summed E-state index contributed by atoms with van der Waals surface area (Å²) in [5, 5.41) is 0.821. The summed E-state index contributed by atoms with van der Waals surface area (Å²) in [7, 11) is 1.58. The highest BCUT2D eigenvalue weighted by Gasteiger charge is 2.12. The van der Waals surface area contributed by atoms with Crippen molar-refractivity contribution >= 4 is 22.8 Å². The first kappa shape index (κ1) is 19.3. The average Bonchev–Trinajstić information content (AvgIpc) is 3.12. The van der Waals surface area contributed by atoms with Crippen LogP contribution in [0.2, 0.25) is 0 Å². The molecule has 0 radical (unpaired) electrons. The predicted molar refractivity (Wildman–Crippen MR) is 104 cm³/mol. The van der Waals surface area contributed by atoms with Crippen LogP contribution in [0.4, 0.5) is 0 Å². The Morgan fingerprint density at radius 2 is 1.82 bits per heavy atom. The van der Waals surface area contributed by atoms with Crippen molar-refractivity contribution < 1.29 is 23.5 Å². The molecule has 2 aromatic carbocycles. The van der Waals surface area contributed by atoms with Crippen molar-refractivity contribution in [3.8, 4) is 11.5 Å². The van der Waals surface area contributed by atoms with Crippen LogP contribution in [-0.2, 0) is 22.4 Å². The van der Waals surface area contributed by atoms with E-state index >= 15 is 0 Å². The van der Waals surface area contributed by atoms with Gasteiger partial charge in [-0.2, -0.15) is 0 Å². The topological polar surface area (TPSA) is 89.8 Å². The Hall–Kier alpha value is -3.48. The number of carbonyl (C=O) groups excluding carboxylic acids is 2. The van der Waals surface area contributed by atoms with Crippen LogP contribution in [-0.4, -0.2) is 25.5 Å². The number of furan rings is 1. The molecule has 0 saturated heterocycles. The molecule has 28 heavy (non-hydrogen) atoms. The molecular weight excluding hydrogens is 360 g/mol. The maximum absolute atomic E-state index is 12.1. The Morgan fingerprint density at radius 1 is 1.04 bits per heavy atom. The summed E-state index contributed by atoms with van der Waals surface area (Å²) in [5.41, 5.74) is 7.11. The number of fused-ring (bicyclic) bond motifs is 1. The predicted octanol–water partition coefficient (Wildman–Crippen LogP) is 2.77. The van der Waals surface area contributed by atoms with Crippen LogP contribution >= 0.6 is 0 Å². The zero-order chi connectivity index (χ0) is 19.9. The zero-order valence-corrected chi connectivity index (χ0v) is 15.8. The largest absolute Gasteiger partial charge is 0.497 e. The lowest BCUT2D eigenvalue weighted by Crippen LogP contribution is -2.44. The second kappa shape index (κ2) is 8.94. The highest BCUT2D eigenvalue weighted by atomic mass is 16.5. The Morgan fingerprint density at radius 3 is 2.61 bits per heavy atom. The van der Waals surface area contributed by atoms with E-state index in [1.807, 2.05) is 37.3 Å². The van der Waals surface area contributed by atoms with Crippen LogP contribution in [0.25, 0.3) is 11.0 Å². The summed E-state index contributed by atoms with van der Waals surface area (Å²) >= 11 is 0. The molecule has 0 aliphatic rings. The Labute approximate surface area is 162 Å². The van der Waals surface area contributed by atoms with Gasteiger partial charge in [-0.3, -0.25) is 20.4 Å². The van der Waals surface area contributed by atoms with Gasteiger partial charge < -0.3 is 13.9 Å². The first-order valence-electron chi connectivity index (χ1n) is 8.93. The maximum Gasteiger partial charge on any atom is 0.276 e. The van der Waals surface area contributed by atoms with Gasteiger partial charge in [0.25, 0.3) is 5.91 Å². The minimum absolute atomic E-state index is 0.0686. The third-order valence-corrected chi connectivity index (χ3v) is 4.27. The number of para-hydroxylation sites is 1. The highest BCUT2D eigenvalue weighted by Crippen LogP contribution is 2.25. The van der Waals surface area contributed by atoms with Crippen molar-refractivity contribution in [2.24, 2.45) is 0 Å². The summed E-state index contributed by atoms with van der Waals surface area (Å²) in [6.07, 6.45) is 2.40. The molecule has 0 fully saturated rings. The molecule has 2 N–H and O–H groups in total. The number of carbonyl (C=O) groups is 2. The normalized spacial score (nSPS) is 10.5. The third-order valence-electron chi connectivity index (χ3n) is 4.27. The van der Waals surface area contributed by atoms with E-state index < -0.39 is 5.91 Å². The van der Waals surface area contributed by atoms with Crippen LogP contribution in [0.5, 0.6) is 11.5 Å². The first-order chi connectivity index (χ1) is 13.6. The van der Waals surface area contributed by atoms with Crippen molar-refractivity contribution in [2.75, 3.05) is 13.7 Å². The molecule has 1 aromatic heterocycles. The average molecular weight is 382 g/mol. The number of benzene rings is 2. The lowest BCUT2D eigenvalue weighted by atomic mass is 10.1. The van der Waals surface area contributed by atoms with Gasteiger partial charge in [-0.25, -0.2) is 0 Å². The van der Waals surface area contributed by atoms with Crippen LogP contribution in [0.1, 0.15) is 18.1 Å². The first-order valence-corrected chi connectivity index (χ1v) is 8.93. The van der Waals surface area contributed by atoms with E-state index in [0.29, 0.717) is 17.1 Å². The number of aryl methyl sites for hydroxylation is 1. The number of hydrogen-bond acceptors (Lipinski definition) is 5. The van der Waals surface area contributed by atoms with E-state index in [9.17, 15) is 9.59 Å². The third kappa shape index (κ3) is 4.62. The maximum atomic E-state index is 12.1. The fourth-order valence-electron chi connectivity index (χ4n) is 2.80. The van der Waals surface area contributed by atoms with Gasteiger partial charge in [0.05, 0.1) is 19.8 Å². The van der Waals surface area contributed by atoms with Crippen LogP contribution in [0, 0.1) is 0 Å². The van der Waals surface area contributed by atoms with Crippen molar-refractivity contribution in [3.05, 3.63) is 59.9 Å². The molecule has 1 heterocycles. The van der Waals surface area contributed by atoms with Crippen molar-refractivity contribution in [2.45, 2.75) is 19.8 Å². The molecule has 0 spiro atoms. The van der Waals surface area contributed by atoms with E-state index in [0.717, 1.165) is 22.9 Å². The molecule has 0 aliphatic heterocycles. The van der Waals surface area contributed by atoms with Crippen molar-refractivity contribution in [3.63, 3.8) is 0 Å². The standard InChI is InChI=1S/C21H22N2O5/c1-3-14-6-4-5-7-18(14)28-13-21(25)23-22-20(24)10-15-12-27-19-11-16(26-2)8-9-17(15)19/h4-9,11-12H,3,10,13H2,1-2H3,(H,22,24)(H,23,25). The summed E-state index contributed by atoms with van der Waals surface area (Å²) in [4.78, 5) is 24.0. The molecule has 0 atom stereocenters. The number of hydrazine groups is 1. The molecule has 7 nitrogen and oxygen atoms in total. The van der Waals surface area contributed by atoms with Gasteiger partial charge in [-0.15, -0.1) is 0 Å². The number of rotatable bonds is 7. The lowest BCUT2D eigenvalue weighted by molar-refractivity contribution is -0.129. The van der Waals surface area contributed by atoms with Crippen molar-refractivity contribution in [1.82, 2.24) is 10.9 Å². The molecule has 0 saturated carbocycles. The second-order valence-electron chi connectivity index (χ2n) is 6.15. The fourth-order valence-corrected chi connectivity index (χ4v) is 2.80. The quantitative estimate of drug-likeness (QED) is 0.614. The summed E-state index contributed by atoms with van der Waals surface area (Å²) in [5.74, 6) is 0.531. The van der Waals surface area contributed by atoms with Crippen LogP contribution < -0.4 is 20.3 Å². The van der Waals surface area contributed by atoms with E-state index in [2.05, 4.69) is 10.9 Å². The van der Waals surface area contributed by atoms with Crippen molar-refractivity contribution in [1.29, 1.82) is 0 Å². The molecule has 0 unspecified atom stereocenters. The monoisotopic (exact) mass is 382 g/mol. The van der Waals surface area contributed by atoms with Gasteiger partial charge >= 0.3 is 0 Å². The van der Waals surface area contributed by atoms with E-state index in [1.165, 1.54) is 6.26 Å². The van der Waals surface area contributed by atoms with Gasteiger partial charge in [0.1, 0.15) is 17.1 Å². The summed E-state index contributed by atoms with van der Waals surface area (Å²) < 4.78 is 16.1. The summed E-state index contributed by atoms with van der Waals surface area (Å²) in [6.45, 7) is 1.82. The molecule has 0 bridgehead atoms. The lowest BCUT2D eigenvalue weighted by Gasteiger charge is -2.11. The number of methoxy groups -OCH3 is 1. The Bertz CT molecular complexity index is 980. The van der Waals surface area contributed by atoms with E-state index in [4.69, 9.17) is 13.9 Å². The molecule has 7 heteroatoms. The van der Waals surface area contributed by atoms with Gasteiger partial charge in [-0.1, -0.05) is 25.1 Å². The zero-order valence-electron chi connectivity index (χ0n) is 15.8. The molecule has 2 amide bonds. The second-order valence-corrected chi connectivity index (χ2v) is 6.15. The van der Waals surface area contributed by atoms with Gasteiger partial charge in [0, 0.05) is 17.0 Å². The molecule has 3 aromatic rings. The minimum atomic E-state index is -0.443. The molecular formula is C21H22N2O5. The SMILES string of the molecule is CCc1ccccc1OCC(=O)NNC(=O)Cc1coc2cc(OC)ccc12. The van der Waals surface area contributed by atoms with E-state index in [1.54, 1.807) is 19.2 Å². The van der Waals surface area contributed by atoms with Gasteiger partial charge in [-0.05, 0) is 30.2 Å². The molecule has 146 valence electrons. The van der Waals surface area contributed by atoms with Crippen LogP contribution in [0.3, 0.4) is 0 Å². The molecule has 0 aliphatic carbocycles. The number of amides is 2. The van der Waals surface area contributed by atoms with Gasteiger partial charge in [0.15, 0.2) is 6.61 Å². The number of hydrogen-bond donors (Lipinski definition) is 2. The Kier molecular flexibility index (Phi) is 6.16. The molecule has 3 rings (SSSR count). The van der Waals surface area contributed by atoms with Gasteiger partial charge in [0.2, 0.25) is 5.91 Å². The van der Waals surface area contributed by atoms with Crippen LogP contribution in [0.15, 0.2) is 53.1 Å². The number of ether oxygens (including phenoxy) is 2. The Balaban J connectivity index is 1.49. The summed E-state index contributed by atoms with van der Waals surface area (Å²) in [6, 6.07) is 12.9. The highest BCUT2D eigenvalue weighted by molar-refractivity contribution is 5.89. The fraction of sp³-hybridized carbons (Fsp3) is 0.238. The number of nitrogens with one attached hydrogen (secondary N) is 2. The minimum Gasteiger partial charge on any atom is -0.497 e. The smallest absolute Gasteiger partial charge is 0.276 e.